The molecule has 34 heavy (non-hydrogen) atoms. The van der Waals surface area contributed by atoms with Gasteiger partial charge in [-0.15, -0.1) is 0 Å². The second-order valence-electron chi connectivity index (χ2n) is 6.65. The molecule has 4 aromatic rings. The molecule has 0 aliphatic carbocycles. The monoisotopic (exact) mass is 506 g/mol. The van der Waals surface area contributed by atoms with E-state index in [0.29, 0.717) is 0 Å². The zero-order valence-electron chi connectivity index (χ0n) is 15.3. The van der Waals surface area contributed by atoms with Gasteiger partial charge >= 0.3 is 0 Å². The van der Waals surface area contributed by atoms with Crippen LogP contribution in [0.4, 0.5) is 61.5 Å². The van der Waals surface area contributed by atoms with Crippen LogP contribution in [0.2, 0.25) is 0 Å². The van der Waals surface area contributed by atoms with E-state index in [1.807, 2.05) is 0 Å². The third kappa shape index (κ3) is 2.73. The van der Waals surface area contributed by atoms with Crippen LogP contribution >= 0.6 is 0 Å². The molecule has 0 heterocycles. The topological polar surface area (TPSA) is 0 Å². The lowest BCUT2D eigenvalue weighted by atomic mass is 9.94. The molecule has 0 unspecified atom stereocenters. The Hall–Kier alpha value is -3.58. The summed E-state index contributed by atoms with van der Waals surface area (Å²) in [6.45, 7) is 0. The molecule has 0 N–H and O–H groups in total. The van der Waals surface area contributed by atoms with E-state index in [1.54, 1.807) is 0 Å². The Morgan fingerprint density at radius 3 is 0.588 bits per heavy atom. The van der Waals surface area contributed by atoms with Crippen molar-refractivity contribution in [3.05, 3.63) is 81.4 Å². The van der Waals surface area contributed by atoms with Crippen molar-refractivity contribution in [1.82, 2.24) is 0 Å². The highest BCUT2D eigenvalue weighted by Crippen LogP contribution is 2.43. The molecule has 0 bridgehead atoms. The number of fused-ring (bicyclic) bond motifs is 2. The maximum atomic E-state index is 14.9. The number of hydrogen-bond acceptors (Lipinski definition) is 0. The maximum Gasteiger partial charge on any atom is 0.198 e. The van der Waals surface area contributed by atoms with Crippen molar-refractivity contribution in [2.45, 2.75) is 0 Å². The summed E-state index contributed by atoms with van der Waals surface area (Å²) in [6, 6.07) is 0. The summed E-state index contributed by atoms with van der Waals surface area (Å²) in [7, 11) is 0. The minimum absolute atomic E-state index is 2.19. The second-order valence-corrected chi connectivity index (χ2v) is 6.65. The Kier molecular flexibility index (Phi) is 5.18. The van der Waals surface area contributed by atoms with Gasteiger partial charge in [0.05, 0.1) is 32.7 Å². The van der Waals surface area contributed by atoms with Crippen LogP contribution in [0.25, 0.3) is 32.7 Å². The van der Waals surface area contributed by atoms with E-state index in [-0.39, 0.29) is 0 Å². The van der Waals surface area contributed by atoms with Crippen LogP contribution in [0, 0.1) is 81.4 Å². The van der Waals surface area contributed by atoms with E-state index in [9.17, 15) is 61.5 Å². The smallest absolute Gasteiger partial charge is 0.198 e. The molecule has 178 valence electrons. The predicted molar refractivity (Wildman–Crippen MR) is 86.3 cm³/mol. The molecule has 0 saturated carbocycles. The van der Waals surface area contributed by atoms with Gasteiger partial charge in [-0.05, 0) is 0 Å². The average molecular weight is 506 g/mol. The van der Waals surface area contributed by atoms with Crippen LogP contribution in [0.1, 0.15) is 0 Å². The highest BCUT2D eigenvalue weighted by molar-refractivity contribution is 5.94. The molecule has 0 aromatic heterocycles. The molecule has 0 fully saturated rings. The Bertz CT molecular complexity index is 1470. The highest BCUT2D eigenvalue weighted by atomic mass is 19.2. The van der Waals surface area contributed by atoms with Gasteiger partial charge in [-0.2, -0.15) is 0 Å². The standard InChI is InChI=1S/C20F14/c21-7-1(9(23)11(25)5-3(7)13(27)17(31)19(33)15(5)29)2-8(22)4-6(12(26)10(2)24)16(30)20(34)18(32)14(4)28. The fourth-order valence-electron chi connectivity index (χ4n) is 3.41. The van der Waals surface area contributed by atoms with Crippen LogP contribution in [-0.4, -0.2) is 0 Å². The zero-order chi connectivity index (χ0) is 25.5. The van der Waals surface area contributed by atoms with Crippen molar-refractivity contribution in [2.75, 3.05) is 0 Å². The first-order valence-electron chi connectivity index (χ1n) is 8.40. The minimum atomic E-state index is -2.84. The van der Waals surface area contributed by atoms with Gasteiger partial charge in [-0.1, -0.05) is 0 Å². The third-order valence-electron chi connectivity index (χ3n) is 4.93. The first kappa shape index (κ1) is 23.6. The Morgan fingerprint density at radius 1 is 0.176 bits per heavy atom. The van der Waals surface area contributed by atoms with E-state index >= 15 is 0 Å². The van der Waals surface area contributed by atoms with Gasteiger partial charge in [0.25, 0.3) is 0 Å². The lowest BCUT2D eigenvalue weighted by Gasteiger charge is -2.16. The SMILES string of the molecule is Fc1c(F)c(F)c2c(F)c(-c3c(F)c(F)c4c(F)c(F)c(F)c(F)c4c3F)c(F)c(F)c2c1F. The van der Waals surface area contributed by atoms with Gasteiger partial charge in [-0.3, -0.25) is 0 Å². The van der Waals surface area contributed by atoms with Crippen LogP contribution in [0.3, 0.4) is 0 Å². The Morgan fingerprint density at radius 2 is 0.353 bits per heavy atom. The largest absolute Gasteiger partial charge is 0.205 e. The van der Waals surface area contributed by atoms with Gasteiger partial charge in [0, 0.05) is 0 Å². The number of hydrogen-bond donors (Lipinski definition) is 0. The summed E-state index contributed by atoms with van der Waals surface area (Å²) < 4.78 is 197. The van der Waals surface area contributed by atoms with E-state index < -0.39 is 114 Å². The van der Waals surface area contributed by atoms with Crippen molar-refractivity contribution >= 4 is 21.5 Å². The molecule has 4 aromatic carbocycles. The molecule has 4 rings (SSSR count). The number of benzene rings is 4. The van der Waals surface area contributed by atoms with E-state index in [2.05, 4.69) is 0 Å². The molecular weight excluding hydrogens is 506 g/mol. The molecule has 0 nitrogen and oxygen atoms in total. The molecule has 0 saturated heterocycles. The summed E-state index contributed by atoms with van der Waals surface area (Å²) >= 11 is 0. The van der Waals surface area contributed by atoms with Gasteiger partial charge in [0.2, 0.25) is 0 Å². The second kappa shape index (κ2) is 7.46. The lowest BCUT2D eigenvalue weighted by Crippen LogP contribution is -2.10. The molecule has 0 aliphatic rings. The molecule has 0 aliphatic heterocycles. The van der Waals surface area contributed by atoms with Crippen LogP contribution in [0.5, 0.6) is 0 Å². The van der Waals surface area contributed by atoms with E-state index in [1.165, 1.54) is 0 Å². The van der Waals surface area contributed by atoms with Crippen molar-refractivity contribution < 1.29 is 61.5 Å². The molecule has 0 amide bonds. The fourth-order valence-corrected chi connectivity index (χ4v) is 3.41. The average Bonchev–Trinajstić information content (AvgIpc) is 2.80. The highest BCUT2D eigenvalue weighted by Gasteiger charge is 2.36. The van der Waals surface area contributed by atoms with Crippen molar-refractivity contribution in [3.8, 4) is 11.1 Å². The quantitative estimate of drug-likeness (QED) is 0.142. The third-order valence-corrected chi connectivity index (χ3v) is 4.93. The van der Waals surface area contributed by atoms with Crippen LogP contribution in [0.15, 0.2) is 0 Å². The normalized spacial score (nSPS) is 11.8. The zero-order valence-corrected chi connectivity index (χ0v) is 15.3. The van der Waals surface area contributed by atoms with Gasteiger partial charge in [-0.25, -0.2) is 61.5 Å². The summed E-state index contributed by atoms with van der Waals surface area (Å²) in [6.07, 6.45) is 0. The van der Waals surface area contributed by atoms with Crippen molar-refractivity contribution in [1.29, 1.82) is 0 Å². The first-order chi connectivity index (χ1) is 15.7. The number of halogens is 14. The Balaban J connectivity index is 2.32. The first-order valence-corrected chi connectivity index (χ1v) is 8.40. The fraction of sp³-hybridized carbons (Fsp3) is 0. The van der Waals surface area contributed by atoms with Gasteiger partial charge in [0.15, 0.2) is 69.8 Å². The number of rotatable bonds is 1. The molecule has 14 heteroatoms. The molecular formula is C20F14. The van der Waals surface area contributed by atoms with Crippen LogP contribution < -0.4 is 0 Å². The molecule has 0 spiro atoms. The predicted octanol–water partition coefficient (Wildman–Crippen LogP) is 7.61. The van der Waals surface area contributed by atoms with E-state index in [4.69, 9.17) is 0 Å². The summed E-state index contributed by atoms with van der Waals surface area (Å²) in [5.41, 5.74) is -4.90. The summed E-state index contributed by atoms with van der Waals surface area (Å²) in [5, 5.41) is -8.85. The summed E-state index contributed by atoms with van der Waals surface area (Å²) in [4.78, 5) is 0. The van der Waals surface area contributed by atoms with Gasteiger partial charge < -0.3 is 0 Å². The maximum absolute atomic E-state index is 14.9. The van der Waals surface area contributed by atoms with Crippen molar-refractivity contribution in [2.24, 2.45) is 0 Å². The van der Waals surface area contributed by atoms with E-state index in [0.717, 1.165) is 0 Å². The minimum Gasteiger partial charge on any atom is -0.205 e. The van der Waals surface area contributed by atoms with Crippen molar-refractivity contribution in [3.63, 3.8) is 0 Å². The summed E-state index contributed by atoms with van der Waals surface area (Å²) in [5.74, 6) is -38.4. The van der Waals surface area contributed by atoms with Gasteiger partial charge in [0.1, 0.15) is 11.6 Å². The molecule has 0 atom stereocenters. The lowest BCUT2D eigenvalue weighted by molar-refractivity contribution is 0.411. The van der Waals surface area contributed by atoms with Crippen LogP contribution in [-0.2, 0) is 0 Å². The molecule has 0 radical (unpaired) electrons. The Labute approximate surface area is 176 Å².